The van der Waals surface area contributed by atoms with Crippen LogP contribution in [0.25, 0.3) is 10.8 Å². The quantitative estimate of drug-likeness (QED) is 0.370. The van der Waals surface area contributed by atoms with E-state index in [1.165, 1.54) is 18.2 Å². The summed E-state index contributed by atoms with van der Waals surface area (Å²) in [5.41, 5.74) is 0.712. The molecule has 0 bridgehead atoms. The van der Waals surface area contributed by atoms with Gasteiger partial charge in [0, 0.05) is 30.6 Å². The van der Waals surface area contributed by atoms with Crippen molar-refractivity contribution in [2.45, 2.75) is 29.3 Å². The predicted molar refractivity (Wildman–Crippen MR) is 102 cm³/mol. The van der Waals surface area contributed by atoms with Crippen LogP contribution in [0.5, 0.6) is 0 Å². The highest BCUT2D eigenvalue weighted by Gasteiger charge is 2.40. The Hall–Kier alpha value is -2.08. The highest BCUT2D eigenvalue weighted by atomic mass is 32.2. The average molecular weight is 413 g/mol. The molecule has 9 nitrogen and oxygen atoms in total. The zero-order chi connectivity index (χ0) is 21.2. The molecule has 0 aliphatic heterocycles. The molecule has 0 aromatic heterocycles. The topological polar surface area (TPSA) is 156 Å². The minimum atomic E-state index is -4.74. The van der Waals surface area contributed by atoms with Crippen LogP contribution < -0.4 is 4.90 Å². The molecule has 2 aromatic rings. The second kappa shape index (κ2) is 8.52. The Morgan fingerprint density at radius 3 is 2.11 bits per heavy atom. The van der Waals surface area contributed by atoms with E-state index < -0.39 is 46.0 Å². The van der Waals surface area contributed by atoms with E-state index in [0.717, 1.165) is 0 Å². The van der Waals surface area contributed by atoms with E-state index in [9.17, 15) is 33.6 Å². The number of rotatable bonds is 7. The maximum Gasteiger partial charge on any atom is 0.282 e. The van der Waals surface area contributed by atoms with E-state index in [1.807, 2.05) is 0 Å². The van der Waals surface area contributed by atoms with Crippen LogP contribution in [0.1, 0.15) is 0 Å². The number of aliphatic hydroxyl groups is 5. The van der Waals surface area contributed by atoms with Gasteiger partial charge >= 0.3 is 0 Å². The Morgan fingerprint density at radius 1 is 0.964 bits per heavy atom. The molecule has 0 heterocycles. The molecule has 0 saturated carbocycles. The van der Waals surface area contributed by atoms with Crippen molar-refractivity contribution >= 4 is 31.4 Å². The molecule has 0 saturated heterocycles. The smallest absolute Gasteiger partial charge is 0.282 e. The summed E-state index contributed by atoms with van der Waals surface area (Å²) in [6, 6.07) is 9.23. The zero-order valence-electron chi connectivity index (χ0n) is 15.3. The Bertz CT molecular complexity index is 959. The Kier molecular flexibility index (Phi) is 6.75. The number of carbonyl (C=O) groups excluding carboxylic acids is 1. The van der Waals surface area contributed by atoms with Gasteiger partial charge in [0.25, 0.3) is 5.12 Å². The molecule has 10 heteroatoms. The maximum atomic E-state index is 12.8. The number of fused-ring (bicyclic) bond motifs is 1. The van der Waals surface area contributed by atoms with Crippen molar-refractivity contribution in [2.75, 3.05) is 25.6 Å². The highest BCUT2D eigenvalue weighted by Crippen LogP contribution is 2.31. The lowest BCUT2D eigenvalue weighted by atomic mass is 10.0. The molecule has 0 fully saturated rings. The predicted octanol–water partition coefficient (Wildman–Crippen LogP) is -1.36. The van der Waals surface area contributed by atoms with E-state index in [-0.39, 0.29) is 10.3 Å². The number of aliphatic hydroxyl groups excluding tert-OH is 5. The Labute approximate surface area is 162 Å². The number of sulfone groups is 1. The molecule has 2 rings (SSSR count). The van der Waals surface area contributed by atoms with Crippen LogP contribution in [-0.2, 0) is 14.6 Å². The number of benzene rings is 2. The van der Waals surface area contributed by atoms with Crippen LogP contribution >= 0.6 is 0 Å². The zero-order valence-corrected chi connectivity index (χ0v) is 16.1. The molecule has 28 heavy (non-hydrogen) atoms. The second-order valence-corrected chi connectivity index (χ2v) is 8.37. The van der Waals surface area contributed by atoms with Gasteiger partial charge in [-0.15, -0.1) is 0 Å². The SMILES string of the molecule is CN(C)c1cccc2c(S(=O)(=O)C(=O)[C@H](O)[C@@H](O)[C@@H](O)[C@H](O)CO)cccc12. The first-order chi connectivity index (χ1) is 13.0. The minimum Gasteiger partial charge on any atom is -0.394 e. The fourth-order valence-electron chi connectivity index (χ4n) is 2.82. The van der Waals surface area contributed by atoms with Crippen molar-refractivity contribution < 1.29 is 38.7 Å². The minimum absolute atomic E-state index is 0.250. The number of hydrogen-bond acceptors (Lipinski definition) is 9. The summed E-state index contributed by atoms with van der Waals surface area (Å²) in [7, 11) is -1.20. The lowest BCUT2D eigenvalue weighted by molar-refractivity contribution is -0.140. The molecule has 0 aliphatic carbocycles. The van der Waals surface area contributed by atoms with Crippen molar-refractivity contribution in [3.05, 3.63) is 36.4 Å². The third-order valence-corrected chi connectivity index (χ3v) is 6.10. The first-order valence-electron chi connectivity index (χ1n) is 8.35. The molecule has 0 aliphatic rings. The van der Waals surface area contributed by atoms with Gasteiger partial charge in [0.05, 0.1) is 11.5 Å². The van der Waals surface area contributed by atoms with E-state index >= 15 is 0 Å². The Balaban J connectivity index is 2.50. The largest absolute Gasteiger partial charge is 0.394 e. The van der Waals surface area contributed by atoms with E-state index in [1.54, 1.807) is 37.2 Å². The van der Waals surface area contributed by atoms with Crippen LogP contribution in [0.4, 0.5) is 5.69 Å². The highest BCUT2D eigenvalue weighted by molar-refractivity contribution is 8.06. The molecule has 2 aromatic carbocycles. The first kappa shape index (κ1) is 22.2. The molecule has 0 amide bonds. The van der Waals surface area contributed by atoms with E-state index in [0.29, 0.717) is 11.1 Å². The third-order valence-electron chi connectivity index (χ3n) is 4.39. The normalized spacial score (nSPS) is 16.4. The monoisotopic (exact) mass is 413 g/mol. The molecule has 154 valence electrons. The number of anilines is 1. The summed E-state index contributed by atoms with van der Waals surface area (Å²) in [4.78, 5) is 13.8. The van der Waals surface area contributed by atoms with Crippen molar-refractivity contribution in [1.82, 2.24) is 0 Å². The number of nitrogens with zero attached hydrogens (tertiary/aromatic N) is 1. The van der Waals surface area contributed by atoms with E-state index in [2.05, 4.69) is 0 Å². The van der Waals surface area contributed by atoms with Gasteiger partial charge in [-0.3, -0.25) is 4.79 Å². The van der Waals surface area contributed by atoms with Gasteiger partial charge in [-0.05, 0) is 12.1 Å². The van der Waals surface area contributed by atoms with Crippen molar-refractivity contribution in [3.63, 3.8) is 0 Å². The molecular weight excluding hydrogens is 390 g/mol. The Morgan fingerprint density at radius 2 is 1.54 bits per heavy atom. The van der Waals surface area contributed by atoms with Gasteiger partial charge in [0.15, 0.2) is 6.10 Å². The van der Waals surface area contributed by atoms with Gasteiger partial charge in [0.1, 0.15) is 18.3 Å². The van der Waals surface area contributed by atoms with Gasteiger partial charge in [-0.1, -0.05) is 24.3 Å². The van der Waals surface area contributed by atoms with Gasteiger partial charge in [0.2, 0.25) is 9.84 Å². The average Bonchev–Trinajstić information content (AvgIpc) is 2.69. The summed E-state index contributed by atoms with van der Waals surface area (Å²) < 4.78 is 25.6. The van der Waals surface area contributed by atoms with Gasteiger partial charge in [-0.25, -0.2) is 8.42 Å². The second-order valence-electron chi connectivity index (χ2n) is 6.52. The lowest BCUT2D eigenvalue weighted by Crippen LogP contribution is -2.50. The van der Waals surface area contributed by atoms with Crippen LogP contribution in [0.3, 0.4) is 0 Å². The first-order valence-corrected chi connectivity index (χ1v) is 9.83. The van der Waals surface area contributed by atoms with Crippen LogP contribution in [0, 0.1) is 0 Å². The summed E-state index contributed by atoms with van der Waals surface area (Å²) in [5.74, 6) is 0. The van der Waals surface area contributed by atoms with Crippen molar-refractivity contribution in [2.24, 2.45) is 0 Å². The molecular formula is C18H23NO8S. The number of hydrogen-bond donors (Lipinski definition) is 5. The van der Waals surface area contributed by atoms with Crippen molar-refractivity contribution in [1.29, 1.82) is 0 Å². The number of carbonyl (C=O) groups is 1. The molecule has 0 spiro atoms. The summed E-state index contributed by atoms with van der Waals surface area (Å²) in [5, 5.41) is 46.7. The summed E-state index contributed by atoms with van der Waals surface area (Å²) in [6.45, 7) is -0.956. The fourth-order valence-corrected chi connectivity index (χ4v) is 4.22. The molecule has 0 unspecified atom stereocenters. The molecule has 4 atom stereocenters. The molecule has 0 radical (unpaired) electrons. The van der Waals surface area contributed by atoms with Gasteiger partial charge in [-0.2, -0.15) is 0 Å². The third kappa shape index (κ3) is 4.02. The molecule has 5 N–H and O–H groups in total. The van der Waals surface area contributed by atoms with Crippen molar-refractivity contribution in [3.8, 4) is 0 Å². The standard InChI is InChI=1S/C18H23NO8S/c1-19(2)12-7-3-6-11-10(12)5-4-8-14(11)28(26,27)18(25)17(24)16(23)15(22)13(21)9-20/h3-8,13,15-17,20-24H,9H2,1-2H3/t13-,15+,16+,17-/m1/s1. The lowest BCUT2D eigenvalue weighted by Gasteiger charge is -2.24. The van der Waals surface area contributed by atoms with Crippen LogP contribution in [0.15, 0.2) is 41.3 Å². The van der Waals surface area contributed by atoms with Crippen LogP contribution in [-0.4, -0.2) is 84.2 Å². The fraction of sp³-hybridized carbons (Fsp3) is 0.389. The summed E-state index contributed by atoms with van der Waals surface area (Å²) >= 11 is 0. The van der Waals surface area contributed by atoms with Crippen LogP contribution in [0.2, 0.25) is 0 Å². The van der Waals surface area contributed by atoms with Gasteiger partial charge < -0.3 is 30.4 Å². The van der Waals surface area contributed by atoms with E-state index in [4.69, 9.17) is 5.11 Å². The maximum absolute atomic E-state index is 12.8. The summed E-state index contributed by atoms with van der Waals surface area (Å²) in [6.07, 6.45) is -8.81.